The van der Waals surface area contributed by atoms with Crippen molar-refractivity contribution in [2.75, 3.05) is 0 Å². The van der Waals surface area contributed by atoms with E-state index in [0.29, 0.717) is 0 Å². The molecule has 0 aromatic heterocycles. The average Bonchev–Trinajstić information content (AvgIpc) is 3.41. The van der Waals surface area contributed by atoms with Crippen molar-refractivity contribution in [3.8, 4) is 66.8 Å². The van der Waals surface area contributed by atoms with Crippen molar-refractivity contribution in [2.24, 2.45) is 0 Å². The summed E-state index contributed by atoms with van der Waals surface area (Å²) in [6.07, 6.45) is 0. The van der Waals surface area contributed by atoms with Crippen LogP contribution in [0.25, 0.3) is 142 Å². The highest BCUT2D eigenvalue weighted by atomic mass is 14.2. The van der Waals surface area contributed by atoms with Crippen LogP contribution in [0.2, 0.25) is 0 Å². The fourth-order valence-electron chi connectivity index (χ4n) is 11.6. The lowest BCUT2D eigenvalue weighted by molar-refractivity contribution is 1.59. The van der Waals surface area contributed by atoms with Crippen LogP contribution in [0.4, 0.5) is 0 Å². The standard InChI is InChI=1S/C68H42/c1-3-17-43(18-4-1)64-54-25-7-11-29-58(54)66(59-30-12-8-26-55(59)64)51-40-50(48-23-16-24-49(39-48)53-37-35-47-34-33-45-21-15-22-46-36-38-62(53)68(47)63(45)46)41-52(42-51)67-60-31-13-9-27-56(60)65(44-19-5-2-6-20-44)57-28-10-14-32-61(57)67/h1-42H. The van der Waals surface area contributed by atoms with Crippen LogP contribution in [-0.2, 0) is 0 Å². The molecule has 0 bridgehead atoms. The van der Waals surface area contributed by atoms with Crippen LogP contribution in [0.1, 0.15) is 0 Å². The van der Waals surface area contributed by atoms with Gasteiger partial charge in [0.2, 0.25) is 0 Å². The summed E-state index contributed by atoms with van der Waals surface area (Å²) in [5, 5.41) is 17.8. The number of hydrogen-bond acceptors (Lipinski definition) is 0. The summed E-state index contributed by atoms with van der Waals surface area (Å²) in [5.41, 5.74) is 14.7. The highest BCUT2D eigenvalue weighted by Crippen LogP contribution is 2.49. The Bertz CT molecular complexity index is 3980. The van der Waals surface area contributed by atoms with Gasteiger partial charge in [-0.25, -0.2) is 0 Å². The van der Waals surface area contributed by atoms with E-state index in [1.54, 1.807) is 0 Å². The summed E-state index contributed by atoms with van der Waals surface area (Å²) in [6, 6.07) is 94.9. The molecule has 0 saturated carbocycles. The summed E-state index contributed by atoms with van der Waals surface area (Å²) in [5.74, 6) is 0. The Labute approximate surface area is 395 Å². The molecule has 14 aromatic rings. The van der Waals surface area contributed by atoms with Crippen molar-refractivity contribution < 1.29 is 0 Å². The highest BCUT2D eigenvalue weighted by Gasteiger charge is 2.22. The molecular formula is C68H42. The molecule has 0 saturated heterocycles. The van der Waals surface area contributed by atoms with Gasteiger partial charge in [0.15, 0.2) is 0 Å². The Hall–Kier alpha value is -8.84. The maximum absolute atomic E-state index is 2.47. The van der Waals surface area contributed by atoms with Gasteiger partial charge in [0.1, 0.15) is 0 Å². The fraction of sp³-hybridized carbons (Fsp3) is 0. The van der Waals surface area contributed by atoms with E-state index in [1.165, 1.54) is 142 Å². The zero-order chi connectivity index (χ0) is 44.7. The predicted molar refractivity (Wildman–Crippen MR) is 293 cm³/mol. The largest absolute Gasteiger partial charge is 0.0622 e. The first-order valence-electron chi connectivity index (χ1n) is 23.7. The molecule has 0 radical (unpaired) electrons. The summed E-state index contributed by atoms with van der Waals surface area (Å²) < 4.78 is 0. The molecule has 68 heavy (non-hydrogen) atoms. The first-order valence-corrected chi connectivity index (χ1v) is 23.7. The zero-order valence-corrected chi connectivity index (χ0v) is 37.2. The van der Waals surface area contributed by atoms with Crippen LogP contribution in [0.15, 0.2) is 255 Å². The number of benzene rings is 14. The van der Waals surface area contributed by atoms with Gasteiger partial charge < -0.3 is 0 Å². The molecule has 14 rings (SSSR count). The Balaban J connectivity index is 1.07. The monoisotopic (exact) mass is 858 g/mol. The normalized spacial score (nSPS) is 11.8. The molecule has 0 aliphatic carbocycles. The van der Waals surface area contributed by atoms with Gasteiger partial charge in [0.25, 0.3) is 0 Å². The lowest BCUT2D eigenvalue weighted by Gasteiger charge is -2.21. The van der Waals surface area contributed by atoms with Crippen molar-refractivity contribution in [1.29, 1.82) is 0 Å². The molecule has 0 unspecified atom stereocenters. The molecule has 0 nitrogen and oxygen atoms in total. The smallest absolute Gasteiger partial charge is 0.00206 e. The lowest BCUT2D eigenvalue weighted by atomic mass is 9.82. The van der Waals surface area contributed by atoms with Crippen molar-refractivity contribution in [2.45, 2.75) is 0 Å². The zero-order valence-electron chi connectivity index (χ0n) is 37.2. The summed E-state index contributed by atoms with van der Waals surface area (Å²) in [6.45, 7) is 0. The van der Waals surface area contributed by atoms with Crippen LogP contribution in [0, 0.1) is 0 Å². The lowest BCUT2D eigenvalue weighted by Crippen LogP contribution is -1.94. The molecule has 14 aromatic carbocycles. The van der Waals surface area contributed by atoms with Crippen LogP contribution in [0.5, 0.6) is 0 Å². The molecule has 0 N–H and O–H groups in total. The molecule has 0 heteroatoms. The number of rotatable bonds is 6. The quantitative estimate of drug-likeness (QED) is 0.115. The van der Waals surface area contributed by atoms with E-state index in [2.05, 4.69) is 255 Å². The molecule has 0 atom stereocenters. The first-order chi connectivity index (χ1) is 33.7. The fourth-order valence-corrected chi connectivity index (χ4v) is 11.6. The van der Waals surface area contributed by atoms with Gasteiger partial charge in [-0.2, -0.15) is 0 Å². The minimum Gasteiger partial charge on any atom is -0.0622 e. The molecule has 0 fully saturated rings. The van der Waals surface area contributed by atoms with Crippen LogP contribution in [-0.4, -0.2) is 0 Å². The average molecular weight is 859 g/mol. The van der Waals surface area contributed by atoms with Gasteiger partial charge in [-0.1, -0.05) is 231 Å². The van der Waals surface area contributed by atoms with Crippen LogP contribution >= 0.6 is 0 Å². The van der Waals surface area contributed by atoms with Crippen molar-refractivity contribution >= 4 is 75.4 Å². The third-order valence-corrected chi connectivity index (χ3v) is 14.5. The first kappa shape index (κ1) is 38.4. The van der Waals surface area contributed by atoms with E-state index >= 15 is 0 Å². The maximum Gasteiger partial charge on any atom is -0.00206 e. The topological polar surface area (TPSA) is 0 Å². The second-order valence-corrected chi connectivity index (χ2v) is 18.3. The number of hydrogen-bond donors (Lipinski definition) is 0. The molecule has 314 valence electrons. The van der Waals surface area contributed by atoms with Gasteiger partial charge in [0, 0.05) is 0 Å². The molecule has 0 aliphatic heterocycles. The van der Waals surface area contributed by atoms with E-state index in [-0.39, 0.29) is 0 Å². The Morgan fingerprint density at radius 1 is 0.162 bits per heavy atom. The van der Waals surface area contributed by atoms with E-state index in [0.717, 1.165) is 0 Å². The highest BCUT2D eigenvalue weighted by molar-refractivity contribution is 6.26. The van der Waals surface area contributed by atoms with Crippen molar-refractivity contribution in [3.05, 3.63) is 255 Å². The molecule has 0 spiro atoms. The third-order valence-electron chi connectivity index (χ3n) is 14.5. The summed E-state index contributed by atoms with van der Waals surface area (Å²) in [7, 11) is 0. The Kier molecular flexibility index (Phi) is 8.69. The molecule has 0 aliphatic rings. The Morgan fingerprint density at radius 3 is 0.956 bits per heavy atom. The molecular weight excluding hydrogens is 817 g/mol. The van der Waals surface area contributed by atoms with Crippen molar-refractivity contribution in [1.82, 2.24) is 0 Å². The van der Waals surface area contributed by atoms with E-state index in [4.69, 9.17) is 0 Å². The van der Waals surface area contributed by atoms with Gasteiger partial charge in [0.05, 0.1) is 0 Å². The second-order valence-electron chi connectivity index (χ2n) is 18.3. The van der Waals surface area contributed by atoms with Gasteiger partial charge in [-0.3, -0.25) is 0 Å². The maximum atomic E-state index is 2.47. The van der Waals surface area contributed by atoms with Gasteiger partial charge in [-0.15, -0.1) is 0 Å². The molecule has 0 heterocycles. The van der Waals surface area contributed by atoms with Crippen LogP contribution < -0.4 is 0 Å². The minimum atomic E-state index is 1.18. The molecule has 0 amide bonds. The summed E-state index contributed by atoms with van der Waals surface area (Å²) in [4.78, 5) is 0. The van der Waals surface area contributed by atoms with Gasteiger partial charge >= 0.3 is 0 Å². The number of fused-ring (bicyclic) bond motifs is 4. The minimum absolute atomic E-state index is 1.18. The SMILES string of the molecule is c1ccc(-c2c3ccccc3c(-c3cc(-c4cccc(-c5ccc6ccc7cccc8ccc5c6c78)c4)cc(-c4c5ccccc5c(-c5ccccc5)c5ccccc45)c3)c3ccccc23)cc1. The second kappa shape index (κ2) is 15.4. The third kappa shape index (κ3) is 5.94. The summed E-state index contributed by atoms with van der Waals surface area (Å²) >= 11 is 0. The Morgan fingerprint density at radius 2 is 0.485 bits per heavy atom. The van der Waals surface area contributed by atoms with E-state index in [9.17, 15) is 0 Å². The van der Waals surface area contributed by atoms with E-state index in [1.807, 2.05) is 0 Å². The van der Waals surface area contributed by atoms with Crippen molar-refractivity contribution in [3.63, 3.8) is 0 Å². The van der Waals surface area contributed by atoms with Crippen LogP contribution in [0.3, 0.4) is 0 Å². The van der Waals surface area contributed by atoms with E-state index < -0.39 is 0 Å². The van der Waals surface area contributed by atoms with Gasteiger partial charge in [-0.05, 0) is 166 Å². The predicted octanol–water partition coefficient (Wildman–Crippen LogP) is 19.2.